The van der Waals surface area contributed by atoms with Crippen LogP contribution in [0.25, 0.3) is 0 Å². The Bertz CT molecular complexity index is 447. The van der Waals surface area contributed by atoms with E-state index in [4.69, 9.17) is 4.74 Å². The topological polar surface area (TPSA) is 55.4 Å². The molecule has 4 nitrogen and oxygen atoms in total. The fraction of sp³-hybridized carbons (Fsp3) is 0.273. The summed E-state index contributed by atoms with van der Waals surface area (Å²) in [4.78, 5) is 23.0. The largest absolute Gasteiger partial charge is 0.477 e. The first kappa shape index (κ1) is 11.0. The summed E-state index contributed by atoms with van der Waals surface area (Å²) < 4.78 is 5.44. The molecule has 0 bridgehead atoms. The minimum absolute atomic E-state index is 0.169. The van der Waals surface area contributed by atoms with Gasteiger partial charge in [-0.15, -0.1) is 12.6 Å². The molecule has 1 aromatic rings. The summed E-state index contributed by atoms with van der Waals surface area (Å²) in [5.41, 5.74) is -0.169. The Balaban J connectivity index is 2.34. The number of hydrogen-bond donors (Lipinski definition) is 2. The number of fused-ring (bicyclic) bond motifs is 1. The number of hydrogen-bond acceptors (Lipinski definition) is 4. The van der Waals surface area contributed by atoms with E-state index in [2.05, 4.69) is 17.9 Å². The standard InChI is InChI=1S/C11H11NO3S/c1-6(13)12-9-10(14)7-4-2-3-5-8(7)15-11(9)16/h2-5,9,11,16H,1H3,(H,12,13). The molecule has 0 saturated heterocycles. The van der Waals surface area contributed by atoms with Gasteiger partial charge in [0.1, 0.15) is 11.8 Å². The van der Waals surface area contributed by atoms with Gasteiger partial charge in [-0.05, 0) is 12.1 Å². The van der Waals surface area contributed by atoms with Crippen molar-refractivity contribution in [2.75, 3.05) is 0 Å². The highest BCUT2D eigenvalue weighted by Crippen LogP contribution is 2.28. The molecule has 2 atom stereocenters. The molecule has 1 amide bonds. The van der Waals surface area contributed by atoms with Crippen LogP contribution in [0.15, 0.2) is 24.3 Å². The minimum Gasteiger partial charge on any atom is -0.477 e. The summed E-state index contributed by atoms with van der Waals surface area (Å²) in [6.45, 7) is 1.36. The molecule has 2 unspecified atom stereocenters. The first-order valence-electron chi connectivity index (χ1n) is 4.84. The van der Waals surface area contributed by atoms with Crippen LogP contribution < -0.4 is 10.1 Å². The number of thiol groups is 1. The van der Waals surface area contributed by atoms with E-state index in [1.54, 1.807) is 24.3 Å². The number of benzene rings is 1. The Labute approximate surface area is 98.4 Å². The molecule has 2 rings (SSSR count). The molecule has 1 aliphatic heterocycles. The highest BCUT2D eigenvalue weighted by molar-refractivity contribution is 7.80. The molecule has 1 heterocycles. The number of ether oxygens (including phenoxy) is 1. The van der Waals surface area contributed by atoms with E-state index >= 15 is 0 Å². The van der Waals surface area contributed by atoms with Gasteiger partial charge >= 0.3 is 0 Å². The van der Waals surface area contributed by atoms with Crippen molar-refractivity contribution in [3.05, 3.63) is 29.8 Å². The van der Waals surface area contributed by atoms with E-state index in [9.17, 15) is 9.59 Å². The number of para-hydroxylation sites is 1. The number of carbonyl (C=O) groups excluding carboxylic acids is 2. The van der Waals surface area contributed by atoms with Gasteiger partial charge < -0.3 is 10.1 Å². The molecule has 16 heavy (non-hydrogen) atoms. The molecule has 5 heteroatoms. The highest BCUT2D eigenvalue weighted by atomic mass is 32.1. The van der Waals surface area contributed by atoms with Crippen LogP contribution in [0.2, 0.25) is 0 Å². The van der Waals surface area contributed by atoms with Crippen LogP contribution in [0.5, 0.6) is 5.75 Å². The molecule has 0 aliphatic carbocycles. The van der Waals surface area contributed by atoms with Crippen molar-refractivity contribution in [1.29, 1.82) is 0 Å². The number of nitrogens with one attached hydrogen (secondary N) is 1. The molecule has 0 spiro atoms. The second-order valence-electron chi connectivity index (χ2n) is 3.55. The van der Waals surface area contributed by atoms with Crippen molar-refractivity contribution in [1.82, 2.24) is 5.32 Å². The lowest BCUT2D eigenvalue weighted by atomic mass is 10.0. The first-order valence-corrected chi connectivity index (χ1v) is 5.36. The summed E-state index contributed by atoms with van der Waals surface area (Å²) in [5.74, 6) is 0.0616. The third kappa shape index (κ3) is 1.90. The molecule has 1 aliphatic rings. The van der Waals surface area contributed by atoms with Crippen LogP contribution in [0.1, 0.15) is 17.3 Å². The maximum absolute atomic E-state index is 12.0. The Morgan fingerprint density at radius 2 is 2.12 bits per heavy atom. The molecule has 0 fully saturated rings. The van der Waals surface area contributed by atoms with E-state index in [0.717, 1.165) is 0 Å². The Morgan fingerprint density at radius 1 is 1.44 bits per heavy atom. The van der Waals surface area contributed by atoms with Crippen molar-refractivity contribution in [2.45, 2.75) is 18.4 Å². The summed E-state index contributed by atoms with van der Waals surface area (Å²) in [5, 5.41) is 2.53. The molecule has 0 radical (unpaired) electrons. The zero-order chi connectivity index (χ0) is 11.7. The minimum atomic E-state index is -0.726. The van der Waals surface area contributed by atoms with Crippen LogP contribution in [0.3, 0.4) is 0 Å². The van der Waals surface area contributed by atoms with Crippen LogP contribution in [-0.4, -0.2) is 23.2 Å². The van der Waals surface area contributed by atoms with E-state index < -0.39 is 11.5 Å². The molecule has 1 N–H and O–H groups in total. The summed E-state index contributed by atoms with van der Waals surface area (Å²) >= 11 is 4.16. The smallest absolute Gasteiger partial charge is 0.217 e. The van der Waals surface area contributed by atoms with Gasteiger partial charge in [0, 0.05) is 6.92 Å². The molecule has 0 saturated carbocycles. The molecular formula is C11H11NO3S. The fourth-order valence-corrected chi connectivity index (χ4v) is 1.95. The van der Waals surface area contributed by atoms with Gasteiger partial charge in [-0.3, -0.25) is 9.59 Å². The lowest BCUT2D eigenvalue weighted by molar-refractivity contribution is -0.119. The van der Waals surface area contributed by atoms with Crippen LogP contribution in [0.4, 0.5) is 0 Å². The number of ketones is 1. The predicted octanol–water partition coefficient (Wildman–Crippen LogP) is 1.02. The maximum atomic E-state index is 12.0. The Morgan fingerprint density at radius 3 is 2.81 bits per heavy atom. The zero-order valence-electron chi connectivity index (χ0n) is 8.64. The number of Topliss-reactive ketones (excluding diaryl/α,β-unsaturated/α-hetero) is 1. The molecule has 1 aromatic carbocycles. The van der Waals surface area contributed by atoms with Crippen molar-refractivity contribution in [2.24, 2.45) is 0 Å². The van der Waals surface area contributed by atoms with Crippen molar-refractivity contribution < 1.29 is 14.3 Å². The number of carbonyl (C=O) groups is 2. The molecule has 84 valence electrons. The highest BCUT2D eigenvalue weighted by Gasteiger charge is 2.35. The normalized spacial score (nSPS) is 23.2. The predicted molar refractivity (Wildman–Crippen MR) is 61.8 cm³/mol. The quantitative estimate of drug-likeness (QED) is 0.717. The van der Waals surface area contributed by atoms with Crippen LogP contribution in [0, 0.1) is 0 Å². The SMILES string of the molecule is CC(=O)NC1C(=O)c2ccccc2OC1S. The van der Waals surface area contributed by atoms with Gasteiger partial charge in [-0.1, -0.05) is 12.1 Å². The summed E-state index contributed by atoms with van der Waals surface area (Å²) in [7, 11) is 0. The lowest BCUT2D eigenvalue weighted by Gasteiger charge is -2.29. The average Bonchev–Trinajstić information content (AvgIpc) is 2.24. The van der Waals surface area contributed by atoms with Gasteiger partial charge in [-0.2, -0.15) is 0 Å². The lowest BCUT2D eigenvalue weighted by Crippen LogP contribution is -2.50. The average molecular weight is 237 g/mol. The first-order chi connectivity index (χ1) is 7.59. The van der Waals surface area contributed by atoms with E-state index in [-0.39, 0.29) is 11.7 Å². The van der Waals surface area contributed by atoms with Gasteiger partial charge in [0.05, 0.1) is 5.56 Å². The van der Waals surface area contributed by atoms with Gasteiger partial charge in [-0.25, -0.2) is 0 Å². The zero-order valence-corrected chi connectivity index (χ0v) is 9.53. The van der Waals surface area contributed by atoms with Gasteiger partial charge in [0.15, 0.2) is 11.2 Å². The van der Waals surface area contributed by atoms with Crippen LogP contribution in [-0.2, 0) is 4.79 Å². The van der Waals surface area contributed by atoms with E-state index in [1.165, 1.54) is 6.92 Å². The second-order valence-corrected chi connectivity index (χ2v) is 4.06. The van der Waals surface area contributed by atoms with E-state index in [0.29, 0.717) is 11.3 Å². The molecule has 0 aromatic heterocycles. The van der Waals surface area contributed by atoms with Gasteiger partial charge in [0.2, 0.25) is 5.91 Å². The monoisotopic (exact) mass is 237 g/mol. The number of amides is 1. The Kier molecular flexibility index (Phi) is 2.87. The third-order valence-electron chi connectivity index (χ3n) is 2.33. The third-order valence-corrected chi connectivity index (χ3v) is 2.73. The van der Waals surface area contributed by atoms with Crippen molar-refractivity contribution in [3.63, 3.8) is 0 Å². The van der Waals surface area contributed by atoms with Crippen LogP contribution >= 0.6 is 12.6 Å². The fourth-order valence-electron chi connectivity index (χ4n) is 1.62. The van der Waals surface area contributed by atoms with Gasteiger partial charge in [0.25, 0.3) is 0 Å². The summed E-state index contributed by atoms with van der Waals surface area (Å²) in [6.07, 6.45) is 0. The summed E-state index contributed by atoms with van der Waals surface area (Å²) in [6, 6.07) is 6.19. The Hall–Kier alpha value is -1.49. The van der Waals surface area contributed by atoms with Crippen molar-refractivity contribution >= 4 is 24.3 Å². The maximum Gasteiger partial charge on any atom is 0.217 e. The van der Waals surface area contributed by atoms with E-state index in [1.807, 2.05) is 0 Å². The van der Waals surface area contributed by atoms with Crippen molar-refractivity contribution in [3.8, 4) is 5.75 Å². The second kappa shape index (κ2) is 4.17. The molecular weight excluding hydrogens is 226 g/mol. The number of rotatable bonds is 1.